The maximum absolute atomic E-state index is 5.73. The monoisotopic (exact) mass is 402 g/mol. The zero-order valence-corrected chi connectivity index (χ0v) is 15.9. The first-order valence-electron chi connectivity index (χ1n) is 8.87. The third kappa shape index (κ3) is 3.69. The Bertz CT molecular complexity index is 1240. The molecule has 1 aromatic carbocycles. The van der Waals surface area contributed by atoms with Crippen LogP contribution in [0.25, 0.3) is 22.6 Å². The van der Waals surface area contributed by atoms with Crippen molar-refractivity contribution in [1.82, 2.24) is 40.1 Å². The number of aromatic nitrogens is 8. The summed E-state index contributed by atoms with van der Waals surface area (Å²) < 4.78 is 7.51. The number of fused-ring (bicyclic) bond motifs is 1. The van der Waals surface area contributed by atoms with Crippen LogP contribution in [0.15, 0.2) is 75.9 Å². The second kappa shape index (κ2) is 7.76. The lowest BCUT2D eigenvalue weighted by Crippen LogP contribution is -2.04. The molecule has 0 fully saturated rings. The van der Waals surface area contributed by atoms with Crippen LogP contribution in [-0.4, -0.2) is 40.1 Å². The number of hydrogen-bond acceptors (Lipinski definition) is 9. The molecule has 0 amide bonds. The summed E-state index contributed by atoms with van der Waals surface area (Å²) in [4.78, 5) is 12.6. The molecule has 29 heavy (non-hydrogen) atoms. The van der Waals surface area contributed by atoms with E-state index in [2.05, 4.69) is 47.6 Å². The second-order valence-corrected chi connectivity index (χ2v) is 7.05. The van der Waals surface area contributed by atoms with E-state index in [9.17, 15) is 0 Å². The van der Waals surface area contributed by atoms with E-state index >= 15 is 0 Å². The van der Waals surface area contributed by atoms with E-state index in [-0.39, 0.29) is 0 Å². The lowest BCUT2D eigenvalue weighted by molar-refractivity contribution is 0.465. The lowest BCUT2D eigenvalue weighted by atomic mass is 10.1. The van der Waals surface area contributed by atoms with Crippen LogP contribution in [0.1, 0.15) is 5.56 Å². The van der Waals surface area contributed by atoms with Crippen LogP contribution in [0, 0.1) is 0 Å². The number of hydrogen-bond donors (Lipinski definition) is 0. The first-order valence-corrected chi connectivity index (χ1v) is 9.68. The summed E-state index contributed by atoms with van der Waals surface area (Å²) >= 11 is 1.24. The Morgan fingerprint density at radius 3 is 2.66 bits per heavy atom. The van der Waals surface area contributed by atoms with E-state index in [0.717, 1.165) is 12.0 Å². The fraction of sp³-hybridized carbons (Fsp3) is 0.105. The van der Waals surface area contributed by atoms with Gasteiger partial charge in [0.25, 0.3) is 5.22 Å². The summed E-state index contributed by atoms with van der Waals surface area (Å²) in [7, 11) is 0. The summed E-state index contributed by atoms with van der Waals surface area (Å²) in [6.07, 6.45) is 5.68. The van der Waals surface area contributed by atoms with Crippen molar-refractivity contribution in [2.75, 3.05) is 0 Å². The number of aryl methyl sites for hydroxylation is 2. The smallest absolute Gasteiger partial charge is 0.283 e. The molecule has 142 valence electrons. The molecule has 0 aliphatic heterocycles. The third-order valence-corrected chi connectivity index (χ3v) is 5.07. The Morgan fingerprint density at radius 1 is 0.931 bits per heavy atom. The highest BCUT2D eigenvalue weighted by Crippen LogP contribution is 2.30. The number of nitrogens with zero attached hydrogens (tertiary/aromatic N) is 8. The molecule has 5 rings (SSSR count). The van der Waals surface area contributed by atoms with Gasteiger partial charge in [0.2, 0.25) is 5.89 Å². The third-order valence-electron chi connectivity index (χ3n) is 4.24. The van der Waals surface area contributed by atoms with Gasteiger partial charge in [-0.15, -0.1) is 15.3 Å². The summed E-state index contributed by atoms with van der Waals surface area (Å²) in [5, 5.41) is 17.7. The van der Waals surface area contributed by atoms with Crippen LogP contribution in [0.3, 0.4) is 0 Å². The first kappa shape index (κ1) is 17.4. The summed E-state index contributed by atoms with van der Waals surface area (Å²) in [5.74, 6) is 0.423. The highest BCUT2D eigenvalue weighted by Gasteiger charge is 2.16. The standard InChI is InChI=1S/C19H14N8OS/c1-2-4-13(5-3-1)8-11-27-16-15(23-26-27)18(22-12-21-16)29-19-25-24-17(28-19)14-6-9-20-10-7-14/h1-7,9-10,12H,8,11H2. The maximum atomic E-state index is 5.73. The van der Waals surface area contributed by atoms with Crippen LogP contribution >= 0.6 is 11.8 Å². The van der Waals surface area contributed by atoms with Crippen LogP contribution in [0.2, 0.25) is 0 Å². The number of benzene rings is 1. The fourth-order valence-corrected chi connectivity index (χ4v) is 3.52. The highest BCUT2D eigenvalue weighted by molar-refractivity contribution is 7.99. The molecule has 0 saturated heterocycles. The average Bonchev–Trinajstić information content (AvgIpc) is 3.41. The largest absolute Gasteiger partial charge is 0.411 e. The van der Waals surface area contributed by atoms with Gasteiger partial charge >= 0.3 is 0 Å². The summed E-state index contributed by atoms with van der Waals surface area (Å²) in [6, 6.07) is 13.8. The van der Waals surface area contributed by atoms with Gasteiger partial charge in [-0.3, -0.25) is 4.98 Å². The number of rotatable bonds is 6. The predicted molar refractivity (Wildman–Crippen MR) is 105 cm³/mol. The molecule has 0 aliphatic carbocycles. The molecule has 0 saturated carbocycles. The molecule has 5 aromatic rings. The molecule has 10 heteroatoms. The zero-order chi connectivity index (χ0) is 19.5. The molecule has 0 unspecified atom stereocenters. The minimum absolute atomic E-state index is 0.371. The number of pyridine rings is 1. The molecule has 0 N–H and O–H groups in total. The van der Waals surface area contributed by atoms with Crippen molar-refractivity contribution in [1.29, 1.82) is 0 Å². The molecular formula is C19H14N8OS. The van der Waals surface area contributed by atoms with Gasteiger partial charge in [0, 0.05) is 24.5 Å². The Labute approximate surface area is 169 Å². The predicted octanol–water partition coefficient (Wildman–Crippen LogP) is 3.06. The SMILES string of the molecule is c1ccc(CCn2nnc3c(Sc4nnc(-c5ccncc5)o4)ncnc32)cc1. The van der Waals surface area contributed by atoms with E-state index in [4.69, 9.17) is 4.42 Å². The van der Waals surface area contributed by atoms with Gasteiger partial charge in [0.15, 0.2) is 11.2 Å². The van der Waals surface area contributed by atoms with E-state index in [0.29, 0.717) is 33.8 Å². The van der Waals surface area contributed by atoms with E-state index in [1.807, 2.05) is 30.3 Å². The van der Waals surface area contributed by atoms with E-state index < -0.39 is 0 Å². The van der Waals surface area contributed by atoms with Crippen molar-refractivity contribution in [2.45, 2.75) is 23.2 Å². The van der Waals surface area contributed by atoms with Gasteiger partial charge in [-0.05, 0) is 35.9 Å². The molecule has 0 radical (unpaired) electrons. The highest BCUT2D eigenvalue weighted by atomic mass is 32.2. The van der Waals surface area contributed by atoms with Crippen molar-refractivity contribution < 1.29 is 4.42 Å². The summed E-state index contributed by atoms with van der Waals surface area (Å²) in [6.45, 7) is 0.675. The molecule has 0 atom stereocenters. The molecular weight excluding hydrogens is 388 g/mol. The molecule has 0 aliphatic rings. The van der Waals surface area contributed by atoms with Gasteiger partial charge in [-0.2, -0.15) is 0 Å². The molecule has 4 aromatic heterocycles. The van der Waals surface area contributed by atoms with Crippen molar-refractivity contribution in [3.05, 3.63) is 66.7 Å². The van der Waals surface area contributed by atoms with Gasteiger partial charge in [0.1, 0.15) is 11.4 Å². The molecule has 0 bridgehead atoms. The van der Waals surface area contributed by atoms with Crippen LogP contribution in [-0.2, 0) is 13.0 Å². The van der Waals surface area contributed by atoms with Crippen molar-refractivity contribution in [3.63, 3.8) is 0 Å². The second-order valence-electron chi connectivity index (χ2n) is 6.11. The van der Waals surface area contributed by atoms with Crippen LogP contribution in [0.5, 0.6) is 0 Å². The minimum atomic E-state index is 0.371. The molecule has 0 spiro atoms. The van der Waals surface area contributed by atoms with Gasteiger partial charge in [-0.25, -0.2) is 14.6 Å². The Balaban J connectivity index is 1.37. The van der Waals surface area contributed by atoms with Crippen molar-refractivity contribution >= 4 is 22.9 Å². The lowest BCUT2D eigenvalue weighted by Gasteiger charge is -2.02. The Hall–Kier alpha value is -3.66. The Kier molecular flexibility index (Phi) is 4.67. The van der Waals surface area contributed by atoms with Gasteiger partial charge < -0.3 is 4.42 Å². The van der Waals surface area contributed by atoms with E-state index in [1.165, 1.54) is 23.7 Å². The van der Waals surface area contributed by atoms with Gasteiger partial charge in [0.05, 0.1) is 0 Å². The zero-order valence-electron chi connectivity index (χ0n) is 15.1. The quantitative estimate of drug-likeness (QED) is 0.396. The van der Waals surface area contributed by atoms with Gasteiger partial charge in [-0.1, -0.05) is 35.5 Å². The van der Waals surface area contributed by atoms with Crippen LogP contribution in [0.4, 0.5) is 0 Å². The van der Waals surface area contributed by atoms with Crippen molar-refractivity contribution in [2.24, 2.45) is 0 Å². The average molecular weight is 402 g/mol. The molecule has 9 nitrogen and oxygen atoms in total. The first-order chi connectivity index (χ1) is 14.4. The molecule has 4 heterocycles. The normalized spacial score (nSPS) is 11.2. The van der Waals surface area contributed by atoms with Crippen molar-refractivity contribution in [3.8, 4) is 11.5 Å². The Morgan fingerprint density at radius 2 is 1.79 bits per heavy atom. The summed E-state index contributed by atoms with van der Waals surface area (Å²) in [5.41, 5.74) is 3.31. The topological polar surface area (TPSA) is 108 Å². The fourth-order valence-electron chi connectivity index (χ4n) is 2.82. The minimum Gasteiger partial charge on any atom is -0.411 e. The van der Waals surface area contributed by atoms with E-state index in [1.54, 1.807) is 17.1 Å². The maximum Gasteiger partial charge on any atom is 0.283 e. The van der Waals surface area contributed by atoms with Crippen LogP contribution < -0.4 is 0 Å².